The zero-order valence-electron chi connectivity index (χ0n) is 17.7. The summed E-state index contributed by atoms with van der Waals surface area (Å²) in [6, 6.07) is -0.595. The number of amides is 1. The highest BCUT2D eigenvalue weighted by molar-refractivity contribution is 5.99. The van der Waals surface area contributed by atoms with Crippen LogP contribution in [-0.4, -0.2) is 48.0 Å². The van der Waals surface area contributed by atoms with E-state index in [0.29, 0.717) is 19.3 Å². The number of benzene rings is 1. The van der Waals surface area contributed by atoms with Crippen LogP contribution in [0.25, 0.3) is 10.9 Å². The van der Waals surface area contributed by atoms with Crippen molar-refractivity contribution in [2.45, 2.75) is 38.3 Å². The molecule has 2 aliphatic rings. The highest BCUT2D eigenvalue weighted by Gasteiger charge is 2.38. The van der Waals surface area contributed by atoms with Crippen LogP contribution >= 0.6 is 0 Å². The van der Waals surface area contributed by atoms with E-state index < -0.39 is 51.8 Å². The summed E-state index contributed by atoms with van der Waals surface area (Å²) >= 11 is 0. The van der Waals surface area contributed by atoms with Gasteiger partial charge in [-0.3, -0.25) is 4.79 Å². The maximum absolute atomic E-state index is 15.9. The third kappa shape index (κ3) is 3.41. The second-order valence-electron chi connectivity index (χ2n) is 8.25. The highest BCUT2D eigenvalue weighted by Crippen LogP contribution is 2.42. The number of nitrogen functional groups attached to an aromatic ring is 1. The Morgan fingerprint density at radius 1 is 1.28 bits per heavy atom. The highest BCUT2D eigenvalue weighted by atomic mass is 19.1. The van der Waals surface area contributed by atoms with E-state index in [1.165, 1.54) is 16.6 Å². The molecule has 4 rings (SSSR count). The van der Waals surface area contributed by atoms with E-state index in [-0.39, 0.29) is 36.3 Å². The minimum atomic E-state index is -1.49. The lowest BCUT2D eigenvalue weighted by molar-refractivity contribution is 0.0694. The Balaban J connectivity index is 1.90. The number of carbonyl (C=O) groups is 2. The van der Waals surface area contributed by atoms with Crippen molar-refractivity contribution in [3.63, 3.8) is 0 Å². The summed E-state index contributed by atoms with van der Waals surface area (Å²) in [5.74, 6) is -3.67. The molecule has 0 bridgehead atoms. The fourth-order valence-electron chi connectivity index (χ4n) is 4.46. The number of halogens is 2. The smallest absolute Gasteiger partial charge is 0.407 e. The predicted octanol–water partition coefficient (Wildman–Crippen LogP) is 2.47. The third-order valence-electron chi connectivity index (χ3n) is 6.31. The zero-order chi connectivity index (χ0) is 23.3. The molecule has 32 heavy (non-hydrogen) atoms. The number of carboxylic acid groups (broad SMARTS) is 1. The van der Waals surface area contributed by atoms with Crippen molar-refractivity contribution < 1.29 is 28.2 Å². The number of ether oxygens (including phenoxy) is 1. The molecule has 1 amide bonds. The van der Waals surface area contributed by atoms with Gasteiger partial charge >= 0.3 is 12.1 Å². The van der Waals surface area contributed by atoms with E-state index in [1.54, 1.807) is 0 Å². The molecule has 1 aromatic heterocycles. The van der Waals surface area contributed by atoms with Crippen LogP contribution in [0.4, 0.5) is 25.0 Å². The van der Waals surface area contributed by atoms with Crippen molar-refractivity contribution in [1.82, 2.24) is 9.88 Å². The van der Waals surface area contributed by atoms with Gasteiger partial charge in [-0.1, -0.05) is 6.92 Å². The normalized spacial score (nSPS) is 20.6. The maximum Gasteiger partial charge on any atom is 0.407 e. The molecule has 1 aliphatic heterocycles. The van der Waals surface area contributed by atoms with E-state index in [9.17, 15) is 19.5 Å². The molecular weight excluding hydrogens is 426 g/mol. The number of nitrogens with two attached hydrogens (primary N) is 1. The van der Waals surface area contributed by atoms with Gasteiger partial charge < -0.3 is 30.4 Å². The van der Waals surface area contributed by atoms with Gasteiger partial charge in [-0.15, -0.1) is 0 Å². The second-order valence-corrected chi connectivity index (χ2v) is 8.25. The van der Waals surface area contributed by atoms with Gasteiger partial charge in [0.15, 0.2) is 11.6 Å². The van der Waals surface area contributed by atoms with Crippen LogP contribution in [0.3, 0.4) is 0 Å². The summed E-state index contributed by atoms with van der Waals surface area (Å²) in [5, 5.41) is 11.6. The SMILES string of the molecule is CCC1CN(c2c(F)c(N)c3c(=O)c(C(=O)O)cn(C4CC4)c3c2F)CC1NC(=O)OC. The Hall–Kier alpha value is -3.37. The molecule has 1 saturated carbocycles. The molecule has 2 unspecified atom stereocenters. The summed E-state index contributed by atoms with van der Waals surface area (Å²) < 4.78 is 37.3. The first-order chi connectivity index (χ1) is 15.2. The van der Waals surface area contributed by atoms with Gasteiger partial charge in [0.25, 0.3) is 0 Å². The minimum Gasteiger partial charge on any atom is -0.477 e. The summed E-state index contributed by atoms with van der Waals surface area (Å²) in [4.78, 5) is 37.4. The number of rotatable bonds is 5. The number of nitrogens with zero attached hydrogens (tertiary/aromatic N) is 2. The second kappa shape index (κ2) is 7.95. The molecule has 2 atom stereocenters. The van der Waals surface area contributed by atoms with Gasteiger partial charge in [0.2, 0.25) is 5.43 Å². The van der Waals surface area contributed by atoms with Crippen LogP contribution in [0, 0.1) is 17.6 Å². The Morgan fingerprint density at radius 2 is 1.97 bits per heavy atom. The molecule has 1 saturated heterocycles. The average Bonchev–Trinajstić information content (AvgIpc) is 3.52. The number of pyridine rings is 1. The first-order valence-electron chi connectivity index (χ1n) is 10.4. The van der Waals surface area contributed by atoms with Gasteiger partial charge in [-0.05, 0) is 25.2 Å². The fourth-order valence-corrected chi connectivity index (χ4v) is 4.46. The number of fused-ring (bicyclic) bond motifs is 1. The minimum absolute atomic E-state index is 0.0927. The molecular formula is C21H24F2N4O5. The lowest BCUT2D eigenvalue weighted by Gasteiger charge is -2.23. The van der Waals surface area contributed by atoms with Crippen LogP contribution in [0.15, 0.2) is 11.0 Å². The van der Waals surface area contributed by atoms with Crippen molar-refractivity contribution in [3.05, 3.63) is 33.6 Å². The van der Waals surface area contributed by atoms with Gasteiger partial charge in [0, 0.05) is 25.3 Å². The molecule has 172 valence electrons. The van der Waals surface area contributed by atoms with Gasteiger partial charge in [0.05, 0.1) is 29.7 Å². The molecule has 0 radical (unpaired) electrons. The first kappa shape index (κ1) is 21.8. The number of nitrogens with one attached hydrogen (secondary N) is 1. The predicted molar refractivity (Wildman–Crippen MR) is 113 cm³/mol. The summed E-state index contributed by atoms with van der Waals surface area (Å²) in [6.07, 6.45) is 2.46. The third-order valence-corrected chi connectivity index (χ3v) is 6.31. The number of hydrogen-bond donors (Lipinski definition) is 3. The van der Waals surface area contributed by atoms with Crippen LogP contribution in [0.2, 0.25) is 0 Å². The molecule has 2 heterocycles. The van der Waals surface area contributed by atoms with Crippen LogP contribution in [0.5, 0.6) is 0 Å². The largest absolute Gasteiger partial charge is 0.477 e. The number of methoxy groups -OCH3 is 1. The summed E-state index contributed by atoms with van der Waals surface area (Å²) in [6.45, 7) is 2.28. The van der Waals surface area contributed by atoms with Gasteiger partial charge in [0.1, 0.15) is 11.3 Å². The number of carboxylic acids is 1. The molecule has 4 N–H and O–H groups in total. The standard InChI is InChI=1S/C21H24F2N4O5/c1-3-9-6-26(8-12(9)25-21(31)32-2)18-14(22)16(24)13-17(15(18)23)27(10-4-5-10)7-11(19(13)28)20(29)30/h7,9-10,12H,3-6,8,24H2,1-2H3,(H,25,31)(H,29,30). The van der Waals surface area contributed by atoms with E-state index in [4.69, 9.17) is 5.73 Å². The Labute approximate surface area is 181 Å². The van der Waals surface area contributed by atoms with Crippen molar-refractivity contribution in [2.24, 2.45) is 5.92 Å². The molecule has 2 aromatic rings. The quantitative estimate of drug-likeness (QED) is 0.597. The van der Waals surface area contributed by atoms with E-state index in [2.05, 4.69) is 10.1 Å². The number of aromatic carboxylic acids is 1. The Bertz CT molecular complexity index is 1180. The Kier molecular flexibility index (Phi) is 5.43. The summed E-state index contributed by atoms with van der Waals surface area (Å²) in [7, 11) is 1.23. The van der Waals surface area contributed by atoms with Gasteiger partial charge in [-0.25, -0.2) is 18.4 Å². The van der Waals surface area contributed by atoms with Crippen LogP contribution < -0.4 is 21.4 Å². The molecule has 1 aromatic carbocycles. The van der Waals surface area contributed by atoms with Crippen molar-refractivity contribution in [1.29, 1.82) is 0 Å². The maximum atomic E-state index is 15.9. The van der Waals surface area contributed by atoms with Crippen molar-refractivity contribution >= 4 is 34.3 Å². The summed E-state index contributed by atoms with van der Waals surface area (Å²) in [5.41, 5.74) is 3.17. The average molecular weight is 450 g/mol. The number of alkyl carbamates (subject to hydrolysis) is 1. The van der Waals surface area contributed by atoms with Crippen molar-refractivity contribution in [2.75, 3.05) is 30.8 Å². The lowest BCUT2D eigenvalue weighted by atomic mass is 10.0. The first-order valence-corrected chi connectivity index (χ1v) is 10.4. The number of anilines is 2. The molecule has 9 nitrogen and oxygen atoms in total. The van der Waals surface area contributed by atoms with E-state index in [0.717, 1.165) is 6.20 Å². The number of hydrogen-bond acceptors (Lipinski definition) is 6. The van der Waals surface area contributed by atoms with E-state index >= 15 is 8.78 Å². The fraction of sp³-hybridized carbons (Fsp3) is 0.476. The molecule has 1 aliphatic carbocycles. The monoisotopic (exact) mass is 450 g/mol. The molecule has 0 spiro atoms. The van der Waals surface area contributed by atoms with Crippen LogP contribution in [-0.2, 0) is 4.74 Å². The van der Waals surface area contributed by atoms with Crippen molar-refractivity contribution in [3.8, 4) is 0 Å². The topological polar surface area (TPSA) is 127 Å². The van der Waals surface area contributed by atoms with Crippen LogP contribution in [0.1, 0.15) is 42.6 Å². The van der Waals surface area contributed by atoms with Gasteiger partial charge in [-0.2, -0.15) is 0 Å². The number of carbonyl (C=O) groups excluding carboxylic acids is 1. The van der Waals surface area contributed by atoms with E-state index in [1.807, 2.05) is 6.92 Å². The molecule has 11 heteroatoms. The number of aromatic nitrogens is 1. The molecule has 2 fully saturated rings. The lowest BCUT2D eigenvalue weighted by Crippen LogP contribution is -2.40. The Morgan fingerprint density at radius 3 is 2.53 bits per heavy atom. The zero-order valence-corrected chi connectivity index (χ0v) is 17.7.